The Labute approximate surface area is 165 Å². The Morgan fingerprint density at radius 1 is 1.36 bits per heavy atom. The lowest BCUT2D eigenvalue weighted by Crippen LogP contribution is -2.36. The Morgan fingerprint density at radius 3 is 2.71 bits per heavy atom. The lowest BCUT2D eigenvalue weighted by molar-refractivity contribution is -0.150. The van der Waals surface area contributed by atoms with Gasteiger partial charge in [0.1, 0.15) is 11.8 Å². The molecular formula is C21H26N4O3. The highest BCUT2D eigenvalue weighted by Gasteiger charge is 2.32. The van der Waals surface area contributed by atoms with Crippen molar-refractivity contribution in [3.63, 3.8) is 0 Å². The highest BCUT2D eigenvalue weighted by Crippen LogP contribution is 2.31. The molecule has 0 spiro atoms. The average Bonchev–Trinajstić information content (AvgIpc) is 2.68. The molecule has 1 aliphatic heterocycles. The van der Waals surface area contributed by atoms with E-state index in [1.807, 2.05) is 24.3 Å². The fourth-order valence-electron chi connectivity index (χ4n) is 3.57. The van der Waals surface area contributed by atoms with Gasteiger partial charge in [0.2, 0.25) is 0 Å². The molecule has 2 heterocycles. The summed E-state index contributed by atoms with van der Waals surface area (Å²) >= 11 is 0. The number of para-hydroxylation sites is 2. The van der Waals surface area contributed by atoms with Gasteiger partial charge in [0, 0.05) is 20.2 Å². The first kappa shape index (κ1) is 20.0. The second-order valence-electron chi connectivity index (χ2n) is 7.38. The van der Waals surface area contributed by atoms with Crippen molar-refractivity contribution in [1.29, 1.82) is 5.26 Å². The largest absolute Gasteiger partial charge is 0.459 e. The van der Waals surface area contributed by atoms with Crippen molar-refractivity contribution in [2.24, 2.45) is 5.92 Å². The first-order valence-electron chi connectivity index (χ1n) is 9.64. The summed E-state index contributed by atoms with van der Waals surface area (Å²) in [5, 5.41) is 9.77. The molecule has 148 valence electrons. The van der Waals surface area contributed by atoms with Crippen LogP contribution in [0, 0.1) is 17.2 Å². The van der Waals surface area contributed by atoms with Crippen molar-refractivity contribution in [2.75, 3.05) is 31.7 Å². The molecule has 0 aliphatic carbocycles. The Bertz CT molecular complexity index is 880. The van der Waals surface area contributed by atoms with Crippen LogP contribution < -0.4 is 4.90 Å². The number of carbonyl (C=O) groups is 1. The third-order valence-electron chi connectivity index (χ3n) is 4.89. The van der Waals surface area contributed by atoms with E-state index in [4.69, 9.17) is 14.5 Å². The first-order valence-corrected chi connectivity index (χ1v) is 9.64. The van der Waals surface area contributed by atoms with Gasteiger partial charge in [-0.25, -0.2) is 9.97 Å². The Morgan fingerprint density at radius 2 is 2.07 bits per heavy atom. The number of esters is 1. The molecule has 2 aromatic rings. The zero-order valence-electron chi connectivity index (χ0n) is 16.6. The van der Waals surface area contributed by atoms with Crippen LogP contribution in [0.3, 0.4) is 0 Å². The molecule has 7 nitrogen and oxygen atoms in total. The number of methoxy groups -OCH3 is 1. The quantitative estimate of drug-likeness (QED) is 0.710. The first-order chi connectivity index (χ1) is 13.5. The van der Waals surface area contributed by atoms with Crippen LogP contribution in [0.25, 0.3) is 11.0 Å². The summed E-state index contributed by atoms with van der Waals surface area (Å²) in [5.74, 6) is -0.635. The van der Waals surface area contributed by atoms with Crippen LogP contribution in [0.15, 0.2) is 24.3 Å². The van der Waals surface area contributed by atoms with E-state index in [9.17, 15) is 10.1 Å². The van der Waals surface area contributed by atoms with E-state index in [1.165, 1.54) is 7.11 Å². The van der Waals surface area contributed by atoms with Crippen molar-refractivity contribution < 1.29 is 14.3 Å². The summed E-state index contributed by atoms with van der Waals surface area (Å²) in [4.78, 5) is 24.3. The van der Waals surface area contributed by atoms with Gasteiger partial charge < -0.3 is 14.4 Å². The van der Waals surface area contributed by atoms with E-state index in [2.05, 4.69) is 22.9 Å². The Balaban J connectivity index is 2.02. The van der Waals surface area contributed by atoms with Crippen LogP contribution in [-0.2, 0) is 14.3 Å². The number of fused-ring (bicyclic) bond motifs is 1. The van der Waals surface area contributed by atoms with Crippen LogP contribution in [0.4, 0.5) is 5.82 Å². The molecular weight excluding hydrogens is 356 g/mol. The van der Waals surface area contributed by atoms with Crippen LogP contribution in [-0.4, -0.2) is 48.8 Å². The number of hydrogen-bond donors (Lipinski definition) is 0. The Kier molecular flexibility index (Phi) is 6.42. The second-order valence-corrected chi connectivity index (χ2v) is 7.38. The number of aromatic nitrogens is 2. The molecule has 0 unspecified atom stereocenters. The van der Waals surface area contributed by atoms with Gasteiger partial charge in [0.15, 0.2) is 11.7 Å². The lowest BCUT2D eigenvalue weighted by Gasteiger charge is -2.33. The summed E-state index contributed by atoms with van der Waals surface area (Å²) in [6.07, 6.45) is 1.76. The van der Waals surface area contributed by atoms with Crippen LogP contribution in [0.5, 0.6) is 0 Å². The van der Waals surface area contributed by atoms with E-state index < -0.39 is 18.0 Å². The summed E-state index contributed by atoms with van der Waals surface area (Å²) in [6.45, 7) is 5.85. The number of carbonyl (C=O) groups excluding carboxylic acids is 1. The molecule has 3 rings (SSSR count). The predicted octanol–water partition coefficient (Wildman–Crippen LogP) is 3.05. The normalized spacial score (nSPS) is 19.1. The number of nitriles is 1. The van der Waals surface area contributed by atoms with E-state index >= 15 is 0 Å². The maximum atomic E-state index is 12.7. The van der Waals surface area contributed by atoms with Gasteiger partial charge in [0.25, 0.3) is 0 Å². The highest BCUT2D eigenvalue weighted by molar-refractivity contribution is 5.85. The number of nitrogens with zero attached hydrogens (tertiary/aromatic N) is 4. The van der Waals surface area contributed by atoms with Crippen molar-refractivity contribution in [1.82, 2.24) is 9.97 Å². The standard InChI is InChI=1S/C21H26N4O3/c1-14-7-6-10-25(12-14)20-19(23-17-8-4-5-9-18(17)24-20)16(11-22)21(26)28-15(2)13-27-3/h4-5,8-9,14-16H,6-7,10,12-13H2,1-3H3/t14-,15+,16-/m1/s1. The molecule has 1 aromatic carbocycles. The fourth-order valence-corrected chi connectivity index (χ4v) is 3.57. The maximum Gasteiger partial charge on any atom is 0.330 e. The third kappa shape index (κ3) is 4.39. The van der Waals surface area contributed by atoms with Gasteiger partial charge in [-0.05, 0) is 37.8 Å². The van der Waals surface area contributed by atoms with Crippen LogP contribution in [0.1, 0.15) is 38.3 Å². The molecule has 0 amide bonds. The molecule has 1 saturated heterocycles. The van der Waals surface area contributed by atoms with E-state index in [-0.39, 0.29) is 6.61 Å². The van der Waals surface area contributed by atoms with Gasteiger partial charge in [-0.2, -0.15) is 5.26 Å². The summed E-state index contributed by atoms with van der Waals surface area (Å²) in [6, 6.07) is 9.57. The molecule has 0 saturated carbocycles. The second kappa shape index (κ2) is 8.98. The summed E-state index contributed by atoms with van der Waals surface area (Å²) in [7, 11) is 1.54. The SMILES string of the molecule is COC[C@H](C)OC(=O)[C@H](C#N)c1nc2ccccc2nc1N1CCC[C@@H](C)C1. The summed E-state index contributed by atoms with van der Waals surface area (Å²) < 4.78 is 10.4. The topological polar surface area (TPSA) is 88.3 Å². The van der Waals surface area contributed by atoms with Crippen molar-refractivity contribution in [2.45, 2.75) is 38.7 Å². The number of benzene rings is 1. The monoisotopic (exact) mass is 382 g/mol. The molecule has 1 fully saturated rings. The molecule has 7 heteroatoms. The molecule has 0 bridgehead atoms. The fraction of sp³-hybridized carbons (Fsp3) is 0.524. The number of hydrogen-bond acceptors (Lipinski definition) is 7. The maximum absolute atomic E-state index is 12.7. The molecule has 3 atom stereocenters. The van der Waals surface area contributed by atoms with Gasteiger partial charge >= 0.3 is 5.97 Å². The molecule has 28 heavy (non-hydrogen) atoms. The van der Waals surface area contributed by atoms with Gasteiger partial charge in [-0.1, -0.05) is 19.1 Å². The van der Waals surface area contributed by atoms with E-state index in [1.54, 1.807) is 6.92 Å². The van der Waals surface area contributed by atoms with Gasteiger partial charge in [0.05, 0.1) is 23.7 Å². The van der Waals surface area contributed by atoms with E-state index in [0.29, 0.717) is 22.9 Å². The van der Waals surface area contributed by atoms with Crippen molar-refractivity contribution in [3.05, 3.63) is 30.0 Å². The zero-order chi connectivity index (χ0) is 20.1. The van der Waals surface area contributed by atoms with Crippen LogP contribution >= 0.6 is 0 Å². The van der Waals surface area contributed by atoms with Crippen molar-refractivity contribution >= 4 is 22.8 Å². The zero-order valence-corrected chi connectivity index (χ0v) is 16.6. The smallest absolute Gasteiger partial charge is 0.330 e. The molecule has 1 aliphatic rings. The average molecular weight is 382 g/mol. The third-order valence-corrected chi connectivity index (χ3v) is 4.89. The minimum Gasteiger partial charge on any atom is -0.459 e. The Hall–Kier alpha value is -2.72. The number of ether oxygens (including phenoxy) is 2. The number of piperidine rings is 1. The van der Waals surface area contributed by atoms with Gasteiger partial charge in [-0.3, -0.25) is 4.79 Å². The lowest BCUT2D eigenvalue weighted by atomic mass is 9.99. The summed E-state index contributed by atoms with van der Waals surface area (Å²) in [5.41, 5.74) is 1.77. The molecule has 1 aromatic heterocycles. The number of rotatable bonds is 6. The molecule has 0 radical (unpaired) electrons. The van der Waals surface area contributed by atoms with Gasteiger partial charge in [-0.15, -0.1) is 0 Å². The van der Waals surface area contributed by atoms with Crippen LogP contribution in [0.2, 0.25) is 0 Å². The minimum absolute atomic E-state index is 0.268. The molecule has 0 N–H and O–H groups in total. The predicted molar refractivity (Wildman–Crippen MR) is 106 cm³/mol. The van der Waals surface area contributed by atoms with E-state index in [0.717, 1.165) is 31.4 Å². The number of anilines is 1. The van der Waals surface area contributed by atoms with Crippen molar-refractivity contribution in [3.8, 4) is 6.07 Å². The highest BCUT2D eigenvalue weighted by atomic mass is 16.6. The minimum atomic E-state index is -1.14.